The summed E-state index contributed by atoms with van der Waals surface area (Å²) in [6.07, 6.45) is 2.65. The monoisotopic (exact) mass is 268 g/mol. The van der Waals surface area contributed by atoms with E-state index in [1.54, 1.807) is 6.92 Å². The summed E-state index contributed by atoms with van der Waals surface area (Å²) in [6, 6.07) is 0. The summed E-state index contributed by atoms with van der Waals surface area (Å²) in [6.45, 7) is 1.80. The third kappa shape index (κ3) is 2.69. The van der Waals surface area contributed by atoms with Gasteiger partial charge in [0.25, 0.3) is 0 Å². The Hall–Kier alpha value is -1.43. The highest BCUT2D eigenvalue weighted by atomic mass is 32.1. The quantitative estimate of drug-likeness (QED) is 0.848. The Morgan fingerprint density at radius 3 is 3.00 bits per heavy atom. The molecular formula is C12H16N2O3S. The second-order valence-corrected chi connectivity index (χ2v) is 5.34. The second kappa shape index (κ2) is 5.48. The van der Waals surface area contributed by atoms with Gasteiger partial charge in [-0.1, -0.05) is 6.92 Å². The van der Waals surface area contributed by atoms with Gasteiger partial charge in [-0.05, 0) is 19.3 Å². The van der Waals surface area contributed by atoms with Crippen molar-refractivity contribution >= 4 is 28.3 Å². The topological polar surface area (TPSA) is 68.3 Å². The van der Waals surface area contributed by atoms with E-state index in [4.69, 9.17) is 4.74 Å². The van der Waals surface area contributed by atoms with Gasteiger partial charge in [0.1, 0.15) is 0 Å². The van der Waals surface area contributed by atoms with Crippen LogP contribution in [0.4, 0.5) is 5.13 Å². The number of ether oxygens (including phenoxy) is 1. The minimum Gasteiger partial charge on any atom is -0.469 e. The van der Waals surface area contributed by atoms with Crippen molar-refractivity contribution in [2.45, 2.75) is 32.6 Å². The molecule has 1 aromatic rings. The lowest BCUT2D eigenvalue weighted by molar-refractivity contribution is -0.145. The molecule has 1 N–H and O–H groups in total. The number of amides is 1. The molecule has 0 aliphatic heterocycles. The fourth-order valence-corrected chi connectivity index (χ4v) is 3.11. The zero-order valence-corrected chi connectivity index (χ0v) is 11.3. The van der Waals surface area contributed by atoms with Crippen molar-refractivity contribution in [1.29, 1.82) is 0 Å². The summed E-state index contributed by atoms with van der Waals surface area (Å²) in [5, 5.41) is 3.40. The highest BCUT2D eigenvalue weighted by molar-refractivity contribution is 7.15. The van der Waals surface area contributed by atoms with Crippen molar-refractivity contribution in [1.82, 2.24) is 4.98 Å². The molecule has 0 fully saturated rings. The van der Waals surface area contributed by atoms with Gasteiger partial charge in [-0.25, -0.2) is 4.98 Å². The van der Waals surface area contributed by atoms with E-state index in [1.807, 2.05) is 0 Å². The first-order chi connectivity index (χ1) is 8.63. The number of carbonyl (C=O) groups excluding carboxylic acids is 2. The van der Waals surface area contributed by atoms with Gasteiger partial charge in [0, 0.05) is 11.3 Å². The van der Waals surface area contributed by atoms with Crippen molar-refractivity contribution in [3.05, 3.63) is 10.6 Å². The standard InChI is InChI=1S/C12H16N2O3S/c1-3-10(15)14-12-13-8-5-4-7(11(16)17-2)6-9(8)18-12/h7H,3-6H2,1-2H3,(H,13,14,15). The van der Waals surface area contributed by atoms with Gasteiger partial charge in [0.2, 0.25) is 5.91 Å². The van der Waals surface area contributed by atoms with E-state index in [1.165, 1.54) is 18.4 Å². The van der Waals surface area contributed by atoms with Crippen molar-refractivity contribution in [2.75, 3.05) is 12.4 Å². The molecule has 1 heterocycles. The Morgan fingerprint density at radius 2 is 2.33 bits per heavy atom. The Balaban J connectivity index is 2.09. The second-order valence-electron chi connectivity index (χ2n) is 4.25. The van der Waals surface area contributed by atoms with Gasteiger partial charge >= 0.3 is 5.97 Å². The van der Waals surface area contributed by atoms with E-state index < -0.39 is 0 Å². The molecule has 0 spiro atoms. The fourth-order valence-electron chi connectivity index (χ4n) is 2.00. The van der Waals surface area contributed by atoms with Crippen LogP contribution >= 0.6 is 11.3 Å². The van der Waals surface area contributed by atoms with Crippen LogP contribution in [0.1, 0.15) is 30.3 Å². The average Bonchev–Trinajstić information content (AvgIpc) is 2.78. The van der Waals surface area contributed by atoms with Gasteiger partial charge in [0.05, 0.1) is 18.7 Å². The third-order valence-corrected chi connectivity index (χ3v) is 4.08. The highest BCUT2D eigenvalue weighted by Gasteiger charge is 2.28. The Bertz CT molecular complexity index is 470. The zero-order chi connectivity index (χ0) is 13.1. The molecule has 1 atom stereocenters. The maximum Gasteiger partial charge on any atom is 0.309 e. The summed E-state index contributed by atoms with van der Waals surface area (Å²) in [5.41, 5.74) is 1.01. The Labute approximate surface area is 110 Å². The number of hydrogen-bond acceptors (Lipinski definition) is 5. The molecule has 5 nitrogen and oxygen atoms in total. The van der Waals surface area contributed by atoms with Gasteiger partial charge in [0.15, 0.2) is 5.13 Å². The number of aryl methyl sites for hydroxylation is 1. The fraction of sp³-hybridized carbons (Fsp3) is 0.583. The lowest BCUT2D eigenvalue weighted by Crippen LogP contribution is -2.22. The number of fused-ring (bicyclic) bond motifs is 1. The number of aromatic nitrogens is 1. The van der Waals surface area contributed by atoms with Crippen molar-refractivity contribution in [3.63, 3.8) is 0 Å². The molecule has 0 bridgehead atoms. The maximum absolute atomic E-state index is 11.5. The van der Waals surface area contributed by atoms with Crippen molar-refractivity contribution < 1.29 is 14.3 Å². The molecule has 0 saturated heterocycles. The lowest BCUT2D eigenvalue weighted by atomic mass is 9.91. The SMILES string of the molecule is CCC(=O)Nc1nc2c(s1)CC(C(=O)OC)CC2. The molecule has 98 valence electrons. The molecule has 1 unspecified atom stereocenters. The Kier molecular flexibility index (Phi) is 3.96. The predicted molar refractivity (Wildman–Crippen MR) is 68.6 cm³/mol. The van der Waals surface area contributed by atoms with Crippen LogP contribution < -0.4 is 5.32 Å². The van der Waals surface area contributed by atoms with E-state index in [9.17, 15) is 9.59 Å². The van der Waals surface area contributed by atoms with Crippen molar-refractivity contribution in [3.8, 4) is 0 Å². The molecule has 0 radical (unpaired) electrons. The predicted octanol–water partition coefficient (Wildman–Crippen LogP) is 1.77. The minimum absolute atomic E-state index is 0.0365. The van der Waals surface area contributed by atoms with Crippen LogP contribution in [0.5, 0.6) is 0 Å². The summed E-state index contributed by atoms with van der Waals surface area (Å²) in [7, 11) is 1.41. The molecule has 1 aromatic heterocycles. The van der Waals surface area contributed by atoms with Gasteiger partial charge in [-0.2, -0.15) is 0 Å². The summed E-state index contributed by atoms with van der Waals surface area (Å²) >= 11 is 1.46. The van der Waals surface area contributed by atoms with Crippen LogP contribution in [-0.4, -0.2) is 24.0 Å². The smallest absolute Gasteiger partial charge is 0.309 e. The number of hydrogen-bond donors (Lipinski definition) is 1. The lowest BCUT2D eigenvalue weighted by Gasteiger charge is -2.18. The molecule has 6 heteroatoms. The van der Waals surface area contributed by atoms with Crippen LogP contribution in [0.2, 0.25) is 0 Å². The molecule has 0 aromatic carbocycles. The minimum atomic E-state index is -0.159. The van der Waals surface area contributed by atoms with Crippen LogP contribution in [0.25, 0.3) is 0 Å². The molecule has 2 rings (SSSR count). The molecule has 18 heavy (non-hydrogen) atoms. The third-order valence-electron chi connectivity index (χ3n) is 3.04. The number of esters is 1. The molecule has 1 aliphatic carbocycles. The summed E-state index contributed by atoms with van der Waals surface area (Å²) in [4.78, 5) is 28.3. The molecule has 1 amide bonds. The molecule has 1 aliphatic rings. The number of rotatable bonds is 3. The average molecular weight is 268 g/mol. The first-order valence-corrected chi connectivity index (χ1v) is 6.82. The first kappa shape index (κ1) is 13.0. The highest BCUT2D eigenvalue weighted by Crippen LogP contribution is 2.32. The summed E-state index contributed by atoms with van der Waals surface area (Å²) in [5.74, 6) is -0.267. The van der Waals surface area contributed by atoms with Crippen LogP contribution in [0.3, 0.4) is 0 Å². The van der Waals surface area contributed by atoms with E-state index in [-0.39, 0.29) is 17.8 Å². The largest absolute Gasteiger partial charge is 0.469 e. The number of thiazole rings is 1. The van der Waals surface area contributed by atoms with E-state index >= 15 is 0 Å². The molecule has 0 saturated carbocycles. The van der Waals surface area contributed by atoms with E-state index in [0.717, 1.165) is 23.4 Å². The number of anilines is 1. The van der Waals surface area contributed by atoms with Crippen molar-refractivity contribution in [2.24, 2.45) is 5.92 Å². The molecular weight excluding hydrogens is 252 g/mol. The maximum atomic E-state index is 11.5. The first-order valence-electron chi connectivity index (χ1n) is 6.00. The Morgan fingerprint density at radius 1 is 1.56 bits per heavy atom. The van der Waals surface area contributed by atoms with E-state index in [0.29, 0.717) is 18.0 Å². The van der Waals surface area contributed by atoms with Gasteiger partial charge < -0.3 is 10.1 Å². The number of carbonyl (C=O) groups is 2. The van der Waals surface area contributed by atoms with Crippen LogP contribution in [0.15, 0.2) is 0 Å². The van der Waals surface area contributed by atoms with Crippen LogP contribution in [-0.2, 0) is 27.2 Å². The number of methoxy groups -OCH3 is 1. The normalized spacial score (nSPS) is 18.0. The number of nitrogens with zero attached hydrogens (tertiary/aromatic N) is 1. The van der Waals surface area contributed by atoms with E-state index in [2.05, 4.69) is 10.3 Å². The summed E-state index contributed by atoms with van der Waals surface area (Å²) < 4.78 is 4.77. The van der Waals surface area contributed by atoms with Gasteiger partial charge in [-0.15, -0.1) is 11.3 Å². The van der Waals surface area contributed by atoms with Crippen LogP contribution in [0, 0.1) is 5.92 Å². The van der Waals surface area contributed by atoms with Gasteiger partial charge in [-0.3, -0.25) is 9.59 Å². The zero-order valence-electron chi connectivity index (χ0n) is 10.5. The number of nitrogens with one attached hydrogen (secondary N) is 1.